The molecule has 0 saturated carbocycles. The Hall–Kier alpha value is -1.09. The molecule has 0 N–H and O–H groups in total. The summed E-state index contributed by atoms with van der Waals surface area (Å²) in [5.74, 6) is 0.982. The summed E-state index contributed by atoms with van der Waals surface area (Å²) in [5.41, 5.74) is 1.02. The molecular weight excluding hydrogens is 240 g/mol. The Balaban J connectivity index is 2.63. The molecule has 1 heterocycles. The maximum Gasteiger partial charge on any atom is 0.128 e. The zero-order valence-corrected chi connectivity index (χ0v) is 9.75. The number of anilines is 1. The molecule has 0 aliphatic carbocycles. The lowest BCUT2D eigenvalue weighted by atomic mass is 10.2. The lowest BCUT2D eigenvalue weighted by molar-refractivity contribution is 1.08. The van der Waals surface area contributed by atoms with Gasteiger partial charge in [-0.2, -0.15) is 0 Å². The van der Waals surface area contributed by atoms with Gasteiger partial charge in [0.1, 0.15) is 5.82 Å². The highest BCUT2D eigenvalue weighted by molar-refractivity contribution is 9.10. The first-order chi connectivity index (χ1) is 6.66. The third-order valence-corrected chi connectivity index (χ3v) is 2.59. The molecule has 0 aliphatic rings. The number of fused-ring (bicyclic) bond motifs is 1. The van der Waals surface area contributed by atoms with Crippen LogP contribution in [0.25, 0.3) is 10.9 Å². The molecule has 1 aromatic carbocycles. The van der Waals surface area contributed by atoms with Crippen molar-refractivity contribution in [1.29, 1.82) is 0 Å². The van der Waals surface area contributed by atoms with E-state index >= 15 is 0 Å². The first-order valence-electron chi connectivity index (χ1n) is 4.40. The van der Waals surface area contributed by atoms with Crippen LogP contribution in [0.3, 0.4) is 0 Å². The van der Waals surface area contributed by atoms with Crippen LogP contribution in [0.4, 0.5) is 5.82 Å². The molecule has 0 atom stereocenters. The molecule has 0 aliphatic heterocycles. The Morgan fingerprint density at radius 1 is 1.14 bits per heavy atom. The van der Waals surface area contributed by atoms with Gasteiger partial charge in [-0.3, -0.25) is 0 Å². The Labute approximate surface area is 91.7 Å². The minimum atomic E-state index is 0.982. The minimum Gasteiger partial charge on any atom is -0.363 e. The van der Waals surface area contributed by atoms with Gasteiger partial charge in [-0.05, 0) is 24.3 Å². The average Bonchev–Trinajstić information content (AvgIpc) is 2.16. The number of hydrogen-bond donors (Lipinski definition) is 0. The van der Waals surface area contributed by atoms with Crippen molar-refractivity contribution in [3.8, 4) is 0 Å². The van der Waals surface area contributed by atoms with E-state index in [1.807, 2.05) is 37.2 Å². The van der Waals surface area contributed by atoms with Gasteiger partial charge in [0, 0.05) is 24.0 Å². The number of pyridine rings is 1. The quantitative estimate of drug-likeness (QED) is 0.774. The Kier molecular flexibility index (Phi) is 2.42. The van der Waals surface area contributed by atoms with E-state index < -0.39 is 0 Å². The summed E-state index contributed by atoms with van der Waals surface area (Å²) in [6.45, 7) is 0. The first kappa shape index (κ1) is 9.46. The van der Waals surface area contributed by atoms with Gasteiger partial charge in [-0.15, -0.1) is 0 Å². The van der Waals surface area contributed by atoms with E-state index in [9.17, 15) is 0 Å². The van der Waals surface area contributed by atoms with Crippen LogP contribution >= 0.6 is 15.9 Å². The first-order valence-corrected chi connectivity index (χ1v) is 5.20. The predicted octanol–water partition coefficient (Wildman–Crippen LogP) is 3.06. The van der Waals surface area contributed by atoms with Crippen molar-refractivity contribution in [3.05, 3.63) is 34.8 Å². The topological polar surface area (TPSA) is 16.1 Å². The SMILES string of the molecule is CN(C)c1ccc2ccc(Br)cc2n1. The van der Waals surface area contributed by atoms with Crippen LogP contribution in [-0.2, 0) is 0 Å². The third kappa shape index (κ3) is 1.73. The van der Waals surface area contributed by atoms with Crippen LogP contribution in [0.5, 0.6) is 0 Å². The van der Waals surface area contributed by atoms with Crippen LogP contribution < -0.4 is 4.90 Å². The smallest absolute Gasteiger partial charge is 0.128 e. The van der Waals surface area contributed by atoms with Gasteiger partial charge < -0.3 is 4.90 Å². The molecule has 1 aromatic heterocycles. The molecule has 0 bridgehead atoms. The Morgan fingerprint density at radius 2 is 1.86 bits per heavy atom. The molecule has 0 fully saturated rings. The summed E-state index contributed by atoms with van der Waals surface area (Å²) in [5, 5.41) is 1.17. The highest BCUT2D eigenvalue weighted by atomic mass is 79.9. The number of nitrogens with zero attached hydrogens (tertiary/aromatic N) is 2. The summed E-state index contributed by atoms with van der Waals surface area (Å²) in [6, 6.07) is 10.2. The largest absolute Gasteiger partial charge is 0.363 e. The minimum absolute atomic E-state index is 0.982. The van der Waals surface area contributed by atoms with Crippen molar-refractivity contribution in [2.45, 2.75) is 0 Å². The second-order valence-corrected chi connectivity index (χ2v) is 4.32. The van der Waals surface area contributed by atoms with Gasteiger partial charge in [0.05, 0.1) is 5.52 Å². The van der Waals surface area contributed by atoms with Crippen molar-refractivity contribution in [2.75, 3.05) is 19.0 Å². The van der Waals surface area contributed by atoms with Gasteiger partial charge >= 0.3 is 0 Å². The van der Waals surface area contributed by atoms with Gasteiger partial charge in [-0.1, -0.05) is 22.0 Å². The van der Waals surface area contributed by atoms with Crippen LogP contribution in [0.15, 0.2) is 34.8 Å². The molecule has 0 radical (unpaired) electrons. The average molecular weight is 251 g/mol. The number of halogens is 1. The third-order valence-electron chi connectivity index (χ3n) is 2.10. The van der Waals surface area contributed by atoms with E-state index in [1.165, 1.54) is 5.39 Å². The highest BCUT2D eigenvalue weighted by Gasteiger charge is 1.99. The summed E-state index contributed by atoms with van der Waals surface area (Å²) in [4.78, 5) is 6.53. The van der Waals surface area contributed by atoms with Gasteiger partial charge in [0.15, 0.2) is 0 Å². The molecule has 72 valence electrons. The fourth-order valence-electron chi connectivity index (χ4n) is 1.33. The van der Waals surface area contributed by atoms with E-state index in [-0.39, 0.29) is 0 Å². The number of benzene rings is 1. The lowest BCUT2D eigenvalue weighted by Crippen LogP contribution is -2.10. The summed E-state index contributed by atoms with van der Waals surface area (Å²) in [7, 11) is 3.98. The second kappa shape index (κ2) is 3.58. The van der Waals surface area contributed by atoms with E-state index in [1.54, 1.807) is 0 Å². The normalized spacial score (nSPS) is 10.5. The lowest BCUT2D eigenvalue weighted by Gasteiger charge is -2.11. The molecule has 2 aromatic rings. The van der Waals surface area contributed by atoms with E-state index in [4.69, 9.17) is 0 Å². The standard InChI is InChI=1S/C11H11BrN2/c1-14(2)11-6-4-8-3-5-9(12)7-10(8)13-11/h3-7H,1-2H3. The predicted molar refractivity (Wildman–Crippen MR) is 63.8 cm³/mol. The molecule has 0 unspecified atom stereocenters. The zero-order chi connectivity index (χ0) is 10.1. The molecule has 14 heavy (non-hydrogen) atoms. The van der Waals surface area contributed by atoms with Crippen molar-refractivity contribution in [3.63, 3.8) is 0 Å². The van der Waals surface area contributed by atoms with E-state index in [0.29, 0.717) is 0 Å². The molecule has 3 heteroatoms. The molecule has 2 rings (SSSR count). The van der Waals surface area contributed by atoms with Crippen molar-refractivity contribution < 1.29 is 0 Å². The van der Waals surface area contributed by atoms with Crippen LogP contribution in [0, 0.1) is 0 Å². The van der Waals surface area contributed by atoms with E-state index in [2.05, 4.69) is 33.0 Å². The van der Waals surface area contributed by atoms with Crippen LogP contribution in [0.1, 0.15) is 0 Å². The van der Waals surface area contributed by atoms with Crippen LogP contribution in [-0.4, -0.2) is 19.1 Å². The number of hydrogen-bond acceptors (Lipinski definition) is 2. The maximum absolute atomic E-state index is 4.53. The number of rotatable bonds is 1. The number of aromatic nitrogens is 1. The van der Waals surface area contributed by atoms with Crippen LogP contribution in [0.2, 0.25) is 0 Å². The molecule has 0 spiro atoms. The molecule has 2 nitrogen and oxygen atoms in total. The summed E-state index contributed by atoms with van der Waals surface area (Å²) >= 11 is 3.44. The van der Waals surface area contributed by atoms with Gasteiger partial charge in [-0.25, -0.2) is 4.98 Å². The highest BCUT2D eigenvalue weighted by Crippen LogP contribution is 2.20. The summed E-state index contributed by atoms with van der Waals surface area (Å²) in [6.07, 6.45) is 0. The van der Waals surface area contributed by atoms with Gasteiger partial charge in [0.25, 0.3) is 0 Å². The van der Waals surface area contributed by atoms with Crippen molar-refractivity contribution in [2.24, 2.45) is 0 Å². The molecule has 0 amide bonds. The van der Waals surface area contributed by atoms with Gasteiger partial charge in [0.2, 0.25) is 0 Å². The fraction of sp³-hybridized carbons (Fsp3) is 0.182. The molecule has 0 saturated heterocycles. The van der Waals surface area contributed by atoms with Crippen molar-refractivity contribution >= 4 is 32.7 Å². The fourth-order valence-corrected chi connectivity index (χ4v) is 1.68. The maximum atomic E-state index is 4.53. The Morgan fingerprint density at radius 3 is 2.57 bits per heavy atom. The van der Waals surface area contributed by atoms with E-state index in [0.717, 1.165) is 15.8 Å². The van der Waals surface area contributed by atoms with Crippen molar-refractivity contribution in [1.82, 2.24) is 4.98 Å². The monoisotopic (exact) mass is 250 g/mol. The second-order valence-electron chi connectivity index (χ2n) is 3.40. The Bertz CT molecular complexity index is 466. The molecular formula is C11H11BrN2. The zero-order valence-electron chi connectivity index (χ0n) is 8.16. The summed E-state index contributed by atoms with van der Waals surface area (Å²) < 4.78 is 1.06.